The van der Waals surface area contributed by atoms with Crippen LogP contribution in [0.2, 0.25) is 0 Å². The van der Waals surface area contributed by atoms with Crippen molar-refractivity contribution in [2.75, 3.05) is 0 Å². The fourth-order valence-electron chi connectivity index (χ4n) is 8.57. The van der Waals surface area contributed by atoms with Gasteiger partial charge in [0.05, 0.1) is 11.0 Å². The van der Waals surface area contributed by atoms with Crippen molar-refractivity contribution in [2.45, 2.75) is 19.3 Å². The molecule has 0 radical (unpaired) electrons. The summed E-state index contributed by atoms with van der Waals surface area (Å²) in [4.78, 5) is 0. The van der Waals surface area contributed by atoms with E-state index < -0.39 is 0 Å². The largest absolute Gasteiger partial charge is 0.309 e. The van der Waals surface area contributed by atoms with Crippen molar-refractivity contribution in [1.82, 2.24) is 4.57 Å². The molecule has 0 unspecified atom stereocenters. The first-order chi connectivity index (χ1) is 24.6. The van der Waals surface area contributed by atoms with Gasteiger partial charge in [0.25, 0.3) is 0 Å². The second-order valence-corrected chi connectivity index (χ2v) is 14.1. The molecule has 0 spiro atoms. The molecule has 0 N–H and O–H groups in total. The lowest BCUT2D eigenvalue weighted by Gasteiger charge is -2.21. The average molecular weight is 638 g/mol. The number of aromatic nitrogens is 1. The number of fused-ring (bicyclic) bond motifs is 9. The molecule has 0 bridgehead atoms. The van der Waals surface area contributed by atoms with Crippen molar-refractivity contribution in [1.29, 1.82) is 0 Å². The monoisotopic (exact) mass is 637 g/mol. The topological polar surface area (TPSA) is 4.93 Å². The van der Waals surface area contributed by atoms with E-state index in [1.165, 1.54) is 88.2 Å². The third-order valence-corrected chi connectivity index (χ3v) is 11.0. The number of benzene rings is 8. The molecule has 0 saturated carbocycles. The Hall–Kier alpha value is -6.18. The molecule has 236 valence electrons. The van der Waals surface area contributed by atoms with Crippen molar-refractivity contribution in [2.24, 2.45) is 0 Å². The van der Waals surface area contributed by atoms with E-state index in [2.05, 4.69) is 194 Å². The number of rotatable bonds is 4. The molecule has 1 heterocycles. The van der Waals surface area contributed by atoms with Crippen LogP contribution in [-0.4, -0.2) is 4.57 Å². The fraction of sp³-hybridized carbons (Fsp3) is 0.0612. The summed E-state index contributed by atoms with van der Waals surface area (Å²) in [5.74, 6) is 0. The van der Waals surface area contributed by atoms with Crippen LogP contribution in [0.4, 0.5) is 0 Å². The Labute approximate surface area is 292 Å². The van der Waals surface area contributed by atoms with E-state index in [4.69, 9.17) is 0 Å². The molecule has 9 aromatic rings. The van der Waals surface area contributed by atoms with Gasteiger partial charge >= 0.3 is 0 Å². The standard InChI is InChI=1S/C49H35N/c1-49(2)43-22-11-9-20-41(43)47-39-25-27-46-48(40(39)24-26-44(47)49)42-21-10-12-23-45(42)50(46)38-19-13-18-34(31-38)37-29-35(32-14-5-3-6-15-32)28-36(30-37)33-16-7-4-8-17-33/h3-31H,1-2H3. The molecule has 1 aliphatic rings. The van der Waals surface area contributed by atoms with Gasteiger partial charge in [-0.15, -0.1) is 0 Å². The maximum absolute atomic E-state index is 2.46. The molecule has 50 heavy (non-hydrogen) atoms. The van der Waals surface area contributed by atoms with Crippen molar-refractivity contribution >= 4 is 32.6 Å². The van der Waals surface area contributed by atoms with Gasteiger partial charge in [-0.25, -0.2) is 0 Å². The summed E-state index contributed by atoms with van der Waals surface area (Å²) in [5.41, 5.74) is 16.4. The van der Waals surface area contributed by atoms with Gasteiger partial charge in [0.1, 0.15) is 0 Å². The van der Waals surface area contributed by atoms with E-state index in [-0.39, 0.29) is 5.41 Å². The Balaban J connectivity index is 1.19. The molecular weight excluding hydrogens is 603 g/mol. The summed E-state index contributed by atoms with van der Waals surface area (Å²) in [5, 5.41) is 5.23. The van der Waals surface area contributed by atoms with Crippen LogP contribution in [0.3, 0.4) is 0 Å². The van der Waals surface area contributed by atoms with Gasteiger partial charge < -0.3 is 4.57 Å². The van der Waals surface area contributed by atoms with Crippen molar-refractivity contribution < 1.29 is 0 Å². The predicted molar refractivity (Wildman–Crippen MR) is 212 cm³/mol. The zero-order chi connectivity index (χ0) is 33.4. The first-order valence-corrected chi connectivity index (χ1v) is 17.5. The van der Waals surface area contributed by atoms with E-state index in [1.807, 2.05) is 0 Å². The van der Waals surface area contributed by atoms with E-state index >= 15 is 0 Å². The van der Waals surface area contributed by atoms with Crippen LogP contribution in [0.15, 0.2) is 176 Å². The summed E-state index contributed by atoms with van der Waals surface area (Å²) in [6.07, 6.45) is 0. The summed E-state index contributed by atoms with van der Waals surface area (Å²) in [7, 11) is 0. The molecule has 1 aromatic heterocycles. The highest BCUT2D eigenvalue weighted by Crippen LogP contribution is 2.52. The van der Waals surface area contributed by atoms with Crippen molar-refractivity contribution in [3.8, 4) is 50.2 Å². The second kappa shape index (κ2) is 10.9. The van der Waals surface area contributed by atoms with Crippen molar-refractivity contribution in [3.05, 3.63) is 187 Å². The number of hydrogen-bond donors (Lipinski definition) is 0. The SMILES string of the molecule is CC1(C)c2ccccc2-c2c1ccc1c2ccc2c1c1ccccc1n2-c1cccc(-c2cc(-c3ccccc3)cc(-c3ccccc3)c2)c1. The average Bonchev–Trinajstić information content (AvgIpc) is 3.64. The smallest absolute Gasteiger partial charge is 0.0547 e. The molecule has 0 saturated heterocycles. The second-order valence-electron chi connectivity index (χ2n) is 14.1. The highest BCUT2D eigenvalue weighted by Gasteiger charge is 2.36. The Kier molecular flexibility index (Phi) is 6.29. The lowest BCUT2D eigenvalue weighted by molar-refractivity contribution is 0.661. The molecule has 0 fully saturated rings. The zero-order valence-corrected chi connectivity index (χ0v) is 28.2. The lowest BCUT2D eigenvalue weighted by atomic mass is 9.82. The molecule has 0 amide bonds. The van der Waals surface area contributed by atoms with E-state index in [0.29, 0.717) is 0 Å². The summed E-state index contributed by atoms with van der Waals surface area (Å²) >= 11 is 0. The van der Waals surface area contributed by atoms with Gasteiger partial charge in [0.2, 0.25) is 0 Å². The van der Waals surface area contributed by atoms with Gasteiger partial charge in [-0.3, -0.25) is 0 Å². The predicted octanol–water partition coefficient (Wildman–Crippen LogP) is 13.2. The molecule has 1 heteroatoms. The van der Waals surface area contributed by atoms with Crippen LogP contribution in [0, 0.1) is 0 Å². The number of hydrogen-bond acceptors (Lipinski definition) is 0. The molecule has 10 rings (SSSR count). The maximum atomic E-state index is 2.46. The molecule has 1 aliphatic carbocycles. The van der Waals surface area contributed by atoms with E-state index in [1.54, 1.807) is 0 Å². The minimum Gasteiger partial charge on any atom is -0.309 e. The molecule has 8 aromatic carbocycles. The molecule has 0 aliphatic heterocycles. The first kappa shape index (κ1) is 28.8. The zero-order valence-electron chi connectivity index (χ0n) is 28.2. The summed E-state index contributed by atoms with van der Waals surface area (Å²) < 4.78 is 2.46. The fourth-order valence-corrected chi connectivity index (χ4v) is 8.57. The van der Waals surface area contributed by atoms with Gasteiger partial charge in [0.15, 0.2) is 0 Å². The third-order valence-electron chi connectivity index (χ3n) is 11.0. The van der Waals surface area contributed by atoms with Crippen LogP contribution >= 0.6 is 0 Å². The van der Waals surface area contributed by atoms with Crippen LogP contribution in [0.25, 0.3) is 82.8 Å². The number of nitrogens with zero attached hydrogens (tertiary/aromatic N) is 1. The van der Waals surface area contributed by atoms with E-state index in [0.717, 1.165) is 5.69 Å². The Morgan fingerprint density at radius 2 is 0.980 bits per heavy atom. The molecular formula is C49H35N. The van der Waals surface area contributed by atoms with Gasteiger partial charge in [-0.1, -0.05) is 147 Å². The Morgan fingerprint density at radius 3 is 1.72 bits per heavy atom. The summed E-state index contributed by atoms with van der Waals surface area (Å²) in [6.45, 7) is 4.72. The van der Waals surface area contributed by atoms with Gasteiger partial charge in [-0.05, 0) is 109 Å². The molecule has 1 nitrogen and oxygen atoms in total. The van der Waals surface area contributed by atoms with Crippen molar-refractivity contribution in [3.63, 3.8) is 0 Å². The minimum absolute atomic E-state index is 0.0261. The highest BCUT2D eigenvalue weighted by molar-refractivity contribution is 6.24. The third kappa shape index (κ3) is 4.27. The van der Waals surface area contributed by atoms with Crippen LogP contribution < -0.4 is 0 Å². The quantitative estimate of drug-likeness (QED) is 0.181. The van der Waals surface area contributed by atoms with Gasteiger partial charge in [-0.2, -0.15) is 0 Å². The maximum Gasteiger partial charge on any atom is 0.0547 e. The van der Waals surface area contributed by atoms with E-state index in [9.17, 15) is 0 Å². The normalized spacial score (nSPS) is 13.2. The molecule has 0 atom stereocenters. The van der Waals surface area contributed by atoms with Crippen LogP contribution in [-0.2, 0) is 5.41 Å². The minimum atomic E-state index is -0.0261. The van der Waals surface area contributed by atoms with Gasteiger partial charge in [0, 0.05) is 21.9 Å². The highest BCUT2D eigenvalue weighted by atomic mass is 15.0. The first-order valence-electron chi connectivity index (χ1n) is 17.5. The number of para-hydroxylation sites is 1. The summed E-state index contributed by atoms with van der Waals surface area (Å²) in [6, 6.07) is 64.8. The van der Waals surface area contributed by atoms with Crippen LogP contribution in [0.1, 0.15) is 25.0 Å². The Bertz CT molecular complexity index is 2710. The lowest BCUT2D eigenvalue weighted by Crippen LogP contribution is -2.14. The van der Waals surface area contributed by atoms with Crippen LogP contribution in [0.5, 0.6) is 0 Å². The Morgan fingerprint density at radius 1 is 0.380 bits per heavy atom.